The minimum Gasteiger partial charge on any atom is -0.261 e. The standard InChI is InChI=1S/C42H40N2/c1-3-4-13-30-14-6-5-12-29-21-22-33-37(26-29)42(36-18-8-7-15-32(36)40-25-28(2)20-23-39(33)44-40)27-35(30)31-16-11-17-34(41(31)42)38-19-9-10-24-43-38/h3-4,7-8,11,13,15-26,28,35H,5-6,9-10,12,14,27H2,1-2H3/b4-3-,30-13-/t28?,35?,42-/m1/s1. The van der Waals surface area contributed by atoms with E-state index in [1.165, 1.54) is 57.3 Å². The van der Waals surface area contributed by atoms with E-state index in [0.29, 0.717) is 11.8 Å². The number of benzene rings is 3. The lowest BCUT2D eigenvalue weighted by Gasteiger charge is -2.39. The number of aliphatic imine (C=N–C) groups is 2. The summed E-state index contributed by atoms with van der Waals surface area (Å²) in [7, 11) is 0. The van der Waals surface area contributed by atoms with E-state index in [1.54, 1.807) is 5.57 Å². The van der Waals surface area contributed by atoms with Crippen molar-refractivity contribution in [1.29, 1.82) is 0 Å². The third-order valence-electron chi connectivity index (χ3n) is 10.4. The van der Waals surface area contributed by atoms with Crippen LogP contribution in [0.25, 0.3) is 11.4 Å². The van der Waals surface area contributed by atoms with Crippen molar-refractivity contribution >= 4 is 23.3 Å². The molecule has 3 aliphatic heterocycles. The highest BCUT2D eigenvalue weighted by atomic mass is 14.8. The fraction of sp³-hybridized carbons (Fsp3) is 0.286. The maximum absolute atomic E-state index is 5.41. The molecule has 44 heavy (non-hydrogen) atoms. The lowest BCUT2D eigenvalue weighted by atomic mass is 9.64. The molecule has 218 valence electrons. The number of allylic oxidation sites excluding steroid dienone is 8. The average Bonchev–Trinajstić information content (AvgIpc) is 3.27. The number of nitrogens with zero attached hydrogens (tertiary/aromatic N) is 2. The number of aryl methyl sites for hydroxylation is 1. The van der Waals surface area contributed by atoms with Crippen LogP contribution >= 0.6 is 0 Å². The van der Waals surface area contributed by atoms with Crippen LogP contribution < -0.4 is 0 Å². The van der Waals surface area contributed by atoms with E-state index in [9.17, 15) is 0 Å². The van der Waals surface area contributed by atoms with Crippen LogP contribution in [0.5, 0.6) is 0 Å². The Morgan fingerprint density at radius 2 is 1.75 bits per heavy atom. The van der Waals surface area contributed by atoms with Gasteiger partial charge in [0, 0.05) is 34.2 Å². The topological polar surface area (TPSA) is 24.7 Å². The summed E-state index contributed by atoms with van der Waals surface area (Å²) >= 11 is 0. The quantitative estimate of drug-likeness (QED) is 0.292. The smallest absolute Gasteiger partial charge is 0.0709 e. The van der Waals surface area contributed by atoms with Gasteiger partial charge in [-0.3, -0.25) is 4.99 Å². The van der Waals surface area contributed by atoms with E-state index in [2.05, 4.69) is 123 Å². The molecule has 2 unspecified atom stereocenters. The maximum Gasteiger partial charge on any atom is 0.0709 e. The van der Waals surface area contributed by atoms with E-state index >= 15 is 0 Å². The second-order valence-corrected chi connectivity index (χ2v) is 13.1. The van der Waals surface area contributed by atoms with Crippen LogP contribution in [0.3, 0.4) is 0 Å². The number of rotatable bonds is 2. The van der Waals surface area contributed by atoms with Gasteiger partial charge in [-0.1, -0.05) is 110 Å². The molecule has 2 nitrogen and oxygen atoms in total. The molecule has 3 aromatic carbocycles. The Morgan fingerprint density at radius 3 is 2.64 bits per heavy atom. The molecule has 5 aliphatic rings. The van der Waals surface area contributed by atoms with Crippen molar-refractivity contribution in [3.05, 3.63) is 153 Å². The molecule has 0 aromatic heterocycles. The third-order valence-corrected chi connectivity index (χ3v) is 10.4. The van der Waals surface area contributed by atoms with Crippen LogP contribution in [-0.2, 0) is 11.8 Å². The number of hydrogen-bond donors (Lipinski definition) is 0. The van der Waals surface area contributed by atoms with Crippen molar-refractivity contribution in [1.82, 2.24) is 0 Å². The van der Waals surface area contributed by atoms with Crippen molar-refractivity contribution in [2.75, 3.05) is 0 Å². The Balaban J connectivity index is 1.56. The zero-order valence-corrected chi connectivity index (χ0v) is 25.9. The summed E-state index contributed by atoms with van der Waals surface area (Å²) in [6, 6.07) is 23.6. The van der Waals surface area contributed by atoms with Crippen LogP contribution in [0.15, 0.2) is 119 Å². The molecule has 0 saturated heterocycles. The van der Waals surface area contributed by atoms with E-state index in [0.717, 1.165) is 49.2 Å². The summed E-state index contributed by atoms with van der Waals surface area (Å²) in [5.41, 5.74) is 15.4. The summed E-state index contributed by atoms with van der Waals surface area (Å²) in [6.45, 7) is 4.40. The van der Waals surface area contributed by atoms with E-state index < -0.39 is 0 Å². The first-order valence-corrected chi connectivity index (χ1v) is 16.6. The zero-order chi connectivity index (χ0) is 29.7. The van der Waals surface area contributed by atoms with Crippen molar-refractivity contribution in [2.45, 2.75) is 70.1 Å². The fourth-order valence-corrected chi connectivity index (χ4v) is 8.43. The molecular weight excluding hydrogens is 532 g/mol. The van der Waals surface area contributed by atoms with Gasteiger partial charge in [0.05, 0.1) is 17.1 Å². The Bertz CT molecular complexity index is 1870. The Hall–Kier alpha value is -4.30. The zero-order valence-electron chi connectivity index (χ0n) is 25.9. The fourth-order valence-electron chi connectivity index (χ4n) is 8.43. The second kappa shape index (κ2) is 11.0. The predicted octanol–water partition coefficient (Wildman–Crippen LogP) is 10.3. The van der Waals surface area contributed by atoms with Gasteiger partial charge < -0.3 is 0 Å². The van der Waals surface area contributed by atoms with Crippen LogP contribution in [0.4, 0.5) is 0 Å². The van der Waals surface area contributed by atoms with Crippen LogP contribution in [0.1, 0.15) is 103 Å². The Morgan fingerprint density at radius 1 is 0.864 bits per heavy atom. The second-order valence-electron chi connectivity index (χ2n) is 13.1. The maximum atomic E-state index is 5.41. The molecule has 0 radical (unpaired) electrons. The molecule has 0 amide bonds. The molecule has 3 aromatic rings. The molecule has 6 bridgehead atoms. The van der Waals surface area contributed by atoms with Gasteiger partial charge in [0.2, 0.25) is 0 Å². The van der Waals surface area contributed by atoms with Gasteiger partial charge >= 0.3 is 0 Å². The number of fused-ring (bicyclic) bond motifs is 8. The minimum absolute atomic E-state index is 0.304. The molecule has 2 aliphatic carbocycles. The summed E-state index contributed by atoms with van der Waals surface area (Å²) in [6.07, 6.45) is 26.0. The van der Waals surface area contributed by atoms with Crippen molar-refractivity contribution in [3.63, 3.8) is 0 Å². The SMILES string of the molecule is C/C=C\C=C1\CCCCc2ccc3c(c2)[C@@]2(CC1c1cccc(C4=CCCC=N4)c12)c1ccccc1C1=CC(C)C=CC3=N1. The van der Waals surface area contributed by atoms with Crippen molar-refractivity contribution in [2.24, 2.45) is 15.9 Å². The van der Waals surface area contributed by atoms with Crippen LogP contribution in [0.2, 0.25) is 0 Å². The molecule has 2 heteroatoms. The molecule has 3 heterocycles. The highest BCUT2D eigenvalue weighted by Gasteiger charge is 2.51. The summed E-state index contributed by atoms with van der Waals surface area (Å²) in [5.74, 6) is 0.627. The van der Waals surface area contributed by atoms with Gasteiger partial charge in [-0.25, -0.2) is 4.99 Å². The van der Waals surface area contributed by atoms with Gasteiger partial charge in [0.25, 0.3) is 0 Å². The van der Waals surface area contributed by atoms with Gasteiger partial charge in [0.1, 0.15) is 0 Å². The van der Waals surface area contributed by atoms with Gasteiger partial charge in [0.15, 0.2) is 0 Å². The predicted molar refractivity (Wildman–Crippen MR) is 186 cm³/mol. The van der Waals surface area contributed by atoms with Gasteiger partial charge in [-0.15, -0.1) is 0 Å². The van der Waals surface area contributed by atoms with Gasteiger partial charge in [-0.2, -0.15) is 0 Å². The molecule has 0 saturated carbocycles. The molecule has 1 spiro atoms. The highest BCUT2D eigenvalue weighted by molar-refractivity contribution is 6.13. The van der Waals surface area contributed by atoms with Crippen molar-refractivity contribution in [3.8, 4) is 0 Å². The molecule has 3 atom stereocenters. The highest BCUT2D eigenvalue weighted by Crippen LogP contribution is 2.61. The lowest BCUT2D eigenvalue weighted by molar-refractivity contribution is 0.558. The first kappa shape index (κ1) is 27.3. The summed E-state index contributed by atoms with van der Waals surface area (Å²) in [5, 5.41) is 0. The molecule has 0 N–H and O–H groups in total. The number of hydrogen-bond acceptors (Lipinski definition) is 2. The first-order chi connectivity index (χ1) is 21.7. The lowest BCUT2D eigenvalue weighted by Crippen LogP contribution is -2.32. The summed E-state index contributed by atoms with van der Waals surface area (Å²) < 4.78 is 0. The monoisotopic (exact) mass is 572 g/mol. The van der Waals surface area contributed by atoms with Gasteiger partial charge in [-0.05, 0) is 91.7 Å². The van der Waals surface area contributed by atoms with Crippen LogP contribution in [-0.4, -0.2) is 11.9 Å². The molecule has 8 rings (SSSR count). The minimum atomic E-state index is -0.354. The van der Waals surface area contributed by atoms with Crippen LogP contribution in [0, 0.1) is 5.92 Å². The van der Waals surface area contributed by atoms with E-state index in [-0.39, 0.29) is 5.41 Å². The Kier molecular flexibility index (Phi) is 6.82. The average molecular weight is 573 g/mol. The molecular formula is C42H40N2. The third kappa shape index (κ3) is 4.30. The molecule has 0 fully saturated rings. The largest absolute Gasteiger partial charge is 0.261 e. The first-order valence-electron chi connectivity index (χ1n) is 16.6. The van der Waals surface area contributed by atoms with E-state index in [1.807, 2.05) is 0 Å². The Labute approximate surface area is 262 Å². The summed E-state index contributed by atoms with van der Waals surface area (Å²) in [4.78, 5) is 10.4. The normalized spacial score (nSPS) is 26.0. The van der Waals surface area contributed by atoms with Crippen molar-refractivity contribution < 1.29 is 0 Å². The van der Waals surface area contributed by atoms with E-state index in [4.69, 9.17) is 9.98 Å².